The Morgan fingerprint density at radius 1 is 1.62 bits per heavy atom. The number of aliphatic hydroxyl groups excluding tert-OH is 1. The van der Waals surface area contributed by atoms with Gasteiger partial charge in [0.05, 0.1) is 18.8 Å². The Hall–Kier alpha value is -0.160. The zero-order chi connectivity index (χ0) is 10.3. The highest BCUT2D eigenvalue weighted by Gasteiger charge is 2.63. The summed E-state index contributed by atoms with van der Waals surface area (Å²) in [6.45, 7) is 4.26. The van der Waals surface area contributed by atoms with Gasteiger partial charge in [0.25, 0.3) is 0 Å². The van der Waals surface area contributed by atoms with Crippen molar-refractivity contribution in [1.29, 1.82) is 1.43 Å². The highest BCUT2D eigenvalue weighted by Crippen LogP contribution is 2.44. The van der Waals surface area contributed by atoms with E-state index in [4.69, 9.17) is 20.8 Å². The summed E-state index contributed by atoms with van der Waals surface area (Å²) in [6.07, 6.45) is -0.596. The number of hydrogen-bond acceptors (Lipinski definition) is 4. The van der Waals surface area contributed by atoms with Crippen LogP contribution in [0.25, 0.3) is 0 Å². The van der Waals surface area contributed by atoms with Gasteiger partial charge in [-0.3, -0.25) is 0 Å². The Morgan fingerprint density at radius 3 is 3.00 bits per heavy atom. The van der Waals surface area contributed by atoms with Crippen LogP contribution in [0.15, 0.2) is 0 Å². The standard InChI is InChI=1S/C9H16O4/c1-5-7-8(10)9(13-5,4-11-3)6(2)12-7/h5-8,10H,4H2,1-3H3/t5-,6+,7-,8-,9-/m0/s1/i10T. The monoisotopic (exact) mass is 190 g/mol. The molecule has 13 heavy (non-hydrogen) atoms. The molecule has 0 aromatic carbocycles. The molecule has 0 amide bonds. The third kappa shape index (κ3) is 1.06. The lowest BCUT2D eigenvalue weighted by Gasteiger charge is -2.34. The van der Waals surface area contributed by atoms with Crippen molar-refractivity contribution in [3.8, 4) is 0 Å². The van der Waals surface area contributed by atoms with E-state index in [9.17, 15) is 0 Å². The molecule has 0 aromatic heterocycles. The van der Waals surface area contributed by atoms with Crippen molar-refractivity contribution in [3.05, 3.63) is 0 Å². The van der Waals surface area contributed by atoms with E-state index >= 15 is 0 Å². The molecule has 0 spiro atoms. The van der Waals surface area contributed by atoms with E-state index in [0.717, 1.165) is 0 Å². The predicted octanol–water partition coefficient (Wildman–Crippen LogP) is -0.0615. The lowest BCUT2D eigenvalue weighted by molar-refractivity contribution is -0.193. The van der Waals surface area contributed by atoms with E-state index < -0.39 is 5.60 Å². The highest BCUT2D eigenvalue weighted by molar-refractivity contribution is 5.10. The SMILES string of the molecule is [3H]O[C@H]1[C@H]2O[C@H](C)[C@]1(COC)O[C@H]2C. The minimum atomic E-state index is -0.597. The molecule has 2 aliphatic rings. The minimum Gasteiger partial charge on any atom is -0.387 e. The molecule has 2 saturated heterocycles. The molecule has 0 saturated carbocycles. The van der Waals surface area contributed by atoms with Crippen molar-refractivity contribution >= 4 is 0 Å². The number of ether oxygens (including phenoxy) is 3. The number of fused-ring (bicyclic) bond motifs is 2. The van der Waals surface area contributed by atoms with Crippen LogP contribution in [-0.2, 0) is 14.2 Å². The molecule has 0 aliphatic carbocycles. The van der Waals surface area contributed by atoms with Crippen molar-refractivity contribution in [1.82, 2.24) is 0 Å². The quantitative estimate of drug-likeness (QED) is 0.677. The molecule has 2 rings (SSSR count). The molecule has 4 nitrogen and oxygen atoms in total. The van der Waals surface area contributed by atoms with E-state index in [2.05, 4.69) is 0 Å². The third-order valence-electron chi connectivity index (χ3n) is 3.07. The molecule has 4 heteroatoms. The van der Waals surface area contributed by atoms with Gasteiger partial charge >= 0.3 is 0 Å². The van der Waals surface area contributed by atoms with E-state index in [-0.39, 0.29) is 24.4 Å². The molecular weight excluding hydrogens is 172 g/mol. The molecule has 2 bridgehead atoms. The van der Waals surface area contributed by atoms with Crippen molar-refractivity contribution in [2.45, 2.75) is 43.9 Å². The van der Waals surface area contributed by atoms with E-state index in [1.54, 1.807) is 7.11 Å². The lowest BCUT2D eigenvalue weighted by Crippen LogP contribution is -2.50. The Morgan fingerprint density at radius 2 is 2.38 bits per heavy atom. The first-order valence-corrected chi connectivity index (χ1v) is 4.60. The number of methoxy groups -OCH3 is 1. The maximum absolute atomic E-state index is 7.07. The molecule has 0 radical (unpaired) electrons. The number of hydrogen-bond donors (Lipinski definition) is 1. The number of aliphatic hydroxyl groups is 1. The van der Waals surface area contributed by atoms with E-state index in [1.807, 2.05) is 13.8 Å². The van der Waals surface area contributed by atoms with Gasteiger partial charge in [0, 0.05) is 7.11 Å². The minimum absolute atomic E-state index is 0.0308. The second kappa shape index (κ2) is 2.92. The van der Waals surface area contributed by atoms with Gasteiger partial charge in [0.15, 0.2) is 0 Å². The fraction of sp³-hybridized carbons (Fsp3) is 1.00. The second-order valence-electron chi connectivity index (χ2n) is 3.87. The molecule has 76 valence electrons. The summed E-state index contributed by atoms with van der Waals surface area (Å²) >= 11 is 0. The Kier molecular flexibility index (Phi) is 1.83. The van der Waals surface area contributed by atoms with Crippen molar-refractivity contribution in [2.24, 2.45) is 0 Å². The van der Waals surface area contributed by atoms with Gasteiger partial charge in [-0.05, 0) is 13.8 Å². The Balaban J connectivity index is 2.25. The first-order chi connectivity index (χ1) is 6.65. The maximum atomic E-state index is 7.07. The summed E-state index contributed by atoms with van der Waals surface area (Å²) in [7, 11) is 1.61. The normalized spacial score (nSPS) is 55.5. The first-order valence-electron chi connectivity index (χ1n) is 5.00. The molecular formula is C9H16O4. The van der Waals surface area contributed by atoms with Gasteiger partial charge in [-0.2, -0.15) is 0 Å². The smallest absolute Gasteiger partial charge is 0.211 e. The summed E-state index contributed by atoms with van der Waals surface area (Å²) in [5.41, 5.74) is -0.597. The summed E-state index contributed by atoms with van der Waals surface area (Å²) in [5, 5.41) is 4.71. The van der Waals surface area contributed by atoms with Crippen molar-refractivity contribution < 1.29 is 19.3 Å². The van der Waals surface area contributed by atoms with Crippen LogP contribution in [0, 0.1) is 0 Å². The largest absolute Gasteiger partial charge is 0.387 e. The number of rotatable bonds is 3. The zero-order valence-electron chi connectivity index (χ0n) is 9.15. The molecule has 2 aliphatic heterocycles. The first kappa shape index (κ1) is 8.17. The topological polar surface area (TPSA) is 47.9 Å². The fourth-order valence-corrected chi connectivity index (χ4v) is 2.32. The molecule has 0 aromatic rings. The van der Waals surface area contributed by atoms with Crippen LogP contribution in [0.2, 0.25) is 0 Å². The summed E-state index contributed by atoms with van der Waals surface area (Å²) in [4.78, 5) is 0. The van der Waals surface area contributed by atoms with Gasteiger partial charge in [0.1, 0.15) is 17.8 Å². The highest BCUT2D eigenvalue weighted by atomic mass is 16.7. The van der Waals surface area contributed by atoms with Crippen LogP contribution >= 0.6 is 0 Å². The second-order valence-corrected chi connectivity index (χ2v) is 3.87. The molecule has 0 unspecified atom stereocenters. The summed E-state index contributed by atoms with van der Waals surface area (Å²) in [5.74, 6) is 0. The van der Waals surface area contributed by atoms with Crippen LogP contribution in [0.1, 0.15) is 13.8 Å². The lowest BCUT2D eigenvalue weighted by atomic mass is 9.94. The summed E-state index contributed by atoms with van der Waals surface area (Å²) in [6, 6.07) is 0. The fourth-order valence-electron chi connectivity index (χ4n) is 2.32. The van der Waals surface area contributed by atoms with Crippen LogP contribution in [0.4, 0.5) is 0 Å². The van der Waals surface area contributed by atoms with Gasteiger partial charge in [-0.15, -0.1) is 0 Å². The van der Waals surface area contributed by atoms with Gasteiger partial charge in [0.2, 0.25) is 1.43 Å². The van der Waals surface area contributed by atoms with Crippen molar-refractivity contribution in [2.75, 3.05) is 13.7 Å². The Bertz CT molecular complexity index is 225. The van der Waals surface area contributed by atoms with Crippen LogP contribution in [-0.4, -0.2) is 50.3 Å². The van der Waals surface area contributed by atoms with E-state index in [1.165, 1.54) is 0 Å². The zero-order valence-corrected chi connectivity index (χ0v) is 8.15. The summed E-state index contributed by atoms with van der Waals surface area (Å²) < 4.78 is 23.7. The molecule has 1 N–H and O–H groups in total. The van der Waals surface area contributed by atoms with Crippen LogP contribution in [0.3, 0.4) is 0 Å². The van der Waals surface area contributed by atoms with Crippen LogP contribution < -0.4 is 0 Å². The van der Waals surface area contributed by atoms with Gasteiger partial charge < -0.3 is 19.3 Å². The average Bonchev–Trinajstić information content (AvgIpc) is 2.54. The van der Waals surface area contributed by atoms with Crippen LogP contribution in [0.5, 0.6) is 0 Å². The van der Waals surface area contributed by atoms with E-state index in [0.29, 0.717) is 6.61 Å². The Labute approximate surface area is 79.3 Å². The predicted molar refractivity (Wildman–Crippen MR) is 45.5 cm³/mol. The van der Waals surface area contributed by atoms with Gasteiger partial charge in [-0.25, -0.2) is 0 Å². The third-order valence-corrected chi connectivity index (χ3v) is 3.07. The average molecular weight is 190 g/mol. The maximum Gasteiger partial charge on any atom is 0.211 e. The molecule has 2 heterocycles. The van der Waals surface area contributed by atoms with Crippen molar-refractivity contribution in [3.63, 3.8) is 0 Å². The molecule has 5 atom stereocenters. The van der Waals surface area contributed by atoms with Gasteiger partial charge in [-0.1, -0.05) is 0 Å². The molecule has 2 fully saturated rings.